The second kappa shape index (κ2) is 14.8. The maximum atomic E-state index is 12.9. The summed E-state index contributed by atoms with van der Waals surface area (Å²) in [4.78, 5) is 41.1. The van der Waals surface area contributed by atoms with Gasteiger partial charge in [0.1, 0.15) is 17.7 Å². The van der Waals surface area contributed by atoms with Crippen LogP contribution in [0.3, 0.4) is 0 Å². The number of carbonyl (C=O) groups is 1. The molecule has 15 nitrogen and oxygen atoms in total. The van der Waals surface area contributed by atoms with E-state index in [0.29, 0.717) is 28.7 Å². The molecule has 0 aromatic carbocycles. The van der Waals surface area contributed by atoms with Gasteiger partial charge in [-0.3, -0.25) is 24.0 Å². The number of anilines is 1. The zero-order chi connectivity index (χ0) is 27.8. The molecule has 0 spiro atoms. The van der Waals surface area contributed by atoms with E-state index in [1.165, 1.54) is 18.7 Å². The number of oxazole rings is 1. The standard InChI is InChI=1S/C22H24N8O3.CH5O4P.Na/c1-2-32-16-5-3-15(4-6-16)30-12-18(20(29-30)17-11-23-7-8-24-17)27-21(31)19-13-33-22(28-19)14-9-25-26-10-14;1-5-6(2,3)4;/h7-13,15-16H,2-6H2,1H3,(H2,25,26,27,28,31);1H3,(H2,2,3,4);/q;;+1/p-1/t15-,16-;;. The van der Waals surface area contributed by atoms with Crippen LogP contribution in [0.2, 0.25) is 0 Å². The smallest absolute Gasteiger partial charge is 0.581 e. The third-order valence-electron chi connectivity index (χ3n) is 5.89. The summed E-state index contributed by atoms with van der Waals surface area (Å²) < 4.78 is 26.2. The summed E-state index contributed by atoms with van der Waals surface area (Å²) >= 11 is 0. The number of aromatic nitrogens is 7. The number of hydrogen-bond acceptors (Lipinski definition) is 10. The SMILES string of the molecule is CCO[C@H]1CC[C@H](n2cc(NC(=O)c3coc(-c4cn[n-]c4)n3)c(-c3cnccn3)n2)CC1.COP(=O)(O)O.[Na+]. The van der Waals surface area contributed by atoms with Gasteiger partial charge in [0.2, 0.25) is 5.89 Å². The van der Waals surface area contributed by atoms with Crippen LogP contribution in [-0.4, -0.2) is 65.3 Å². The van der Waals surface area contributed by atoms with Crippen LogP contribution in [0.5, 0.6) is 0 Å². The molecule has 208 valence electrons. The minimum atomic E-state index is -4.15. The molecule has 17 heteroatoms. The molecule has 4 aromatic heterocycles. The van der Waals surface area contributed by atoms with Crippen molar-refractivity contribution in [3.63, 3.8) is 0 Å². The van der Waals surface area contributed by atoms with Gasteiger partial charge in [-0.1, -0.05) is 0 Å². The van der Waals surface area contributed by atoms with Crippen LogP contribution >= 0.6 is 7.82 Å². The second-order valence-electron chi connectivity index (χ2n) is 8.46. The molecule has 4 heterocycles. The molecule has 40 heavy (non-hydrogen) atoms. The van der Waals surface area contributed by atoms with Crippen LogP contribution < -0.4 is 40.0 Å². The summed E-state index contributed by atoms with van der Waals surface area (Å²) in [5, 5.41) is 15.2. The van der Waals surface area contributed by atoms with Crippen LogP contribution in [0.15, 0.2) is 47.9 Å². The zero-order valence-corrected chi connectivity index (χ0v) is 25.1. The number of rotatable bonds is 8. The minimum absolute atomic E-state index is 0. The van der Waals surface area contributed by atoms with E-state index in [1.807, 2.05) is 17.8 Å². The molecule has 0 unspecified atom stereocenters. The molecule has 3 N–H and O–H groups in total. The Morgan fingerprint density at radius 2 is 2.00 bits per heavy atom. The van der Waals surface area contributed by atoms with Gasteiger partial charge in [0.05, 0.1) is 24.0 Å². The van der Waals surface area contributed by atoms with Gasteiger partial charge < -0.3 is 34.5 Å². The Hall–Kier alpha value is -2.75. The quantitative estimate of drug-likeness (QED) is 0.183. The molecule has 1 aliphatic carbocycles. The van der Waals surface area contributed by atoms with E-state index in [0.717, 1.165) is 39.4 Å². The fraction of sp³-hybridized carbons (Fsp3) is 0.391. The van der Waals surface area contributed by atoms with Crippen molar-refractivity contribution in [1.29, 1.82) is 0 Å². The van der Waals surface area contributed by atoms with Crippen molar-refractivity contribution in [3.8, 4) is 22.8 Å². The molecule has 1 fully saturated rings. The molecule has 0 atom stereocenters. The number of nitrogens with zero attached hydrogens (tertiary/aromatic N) is 7. The fourth-order valence-electron chi connectivity index (χ4n) is 4.02. The van der Waals surface area contributed by atoms with Crippen LogP contribution in [0.4, 0.5) is 5.69 Å². The molecule has 0 aliphatic heterocycles. The monoisotopic (exact) mass is 582 g/mol. The summed E-state index contributed by atoms with van der Waals surface area (Å²) in [5.74, 6) is -0.136. The average Bonchev–Trinajstić information content (AvgIpc) is 3.71. The van der Waals surface area contributed by atoms with E-state index in [2.05, 4.69) is 35.0 Å². The Labute approximate surface area is 251 Å². The van der Waals surface area contributed by atoms with Gasteiger partial charge in [-0.05, 0) is 32.6 Å². The summed E-state index contributed by atoms with van der Waals surface area (Å²) in [6.07, 6.45) is 15.2. The van der Waals surface area contributed by atoms with Crippen LogP contribution in [0.1, 0.15) is 49.1 Å². The fourth-order valence-corrected chi connectivity index (χ4v) is 4.02. The first-order valence-electron chi connectivity index (χ1n) is 12.1. The summed E-state index contributed by atoms with van der Waals surface area (Å²) in [7, 11) is -3.20. The van der Waals surface area contributed by atoms with Gasteiger partial charge >= 0.3 is 37.4 Å². The van der Waals surface area contributed by atoms with E-state index in [-0.39, 0.29) is 47.2 Å². The van der Waals surface area contributed by atoms with Crippen molar-refractivity contribution < 1.29 is 62.4 Å². The molecular weight excluding hydrogens is 554 g/mol. The minimum Gasteiger partial charge on any atom is -0.581 e. The number of carbonyl (C=O) groups excluding carboxylic acids is 1. The van der Waals surface area contributed by atoms with Crippen LogP contribution in [-0.2, 0) is 13.8 Å². The molecule has 1 aliphatic rings. The predicted molar refractivity (Wildman–Crippen MR) is 136 cm³/mol. The molecule has 1 amide bonds. The Bertz CT molecular complexity index is 1390. The van der Waals surface area contributed by atoms with Crippen molar-refractivity contribution in [1.82, 2.24) is 34.9 Å². The molecule has 0 saturated heterocycles. The van der Waals surface area contributed by atoms with Crippen molar-refractivity contribution in [2.75, 3.05) is 19.0 Å². The number of amides is 1. The van der Waals surface area contributed by atoms with E-state index in [1.54, 1.807) is 18.6 Å². The maximum absolute atomic E-state index is 12.9. The number of phosphoric ester groups is 1. The normalized spacial score (nSPS) is 16.9. The van der Waals surface area contributed by atoms with Gasteiger partial charge in [0.25, 0.3) is 5.91 Å². The Kier molecular flexibility index (Phi) is 11.7. The predicted octanol–water partition coefficient (Wildman–Crippen LogP) is -0.151. The van der Waals surface area contributed by atoms with Crippen molar-refractivity contribution in [3.05, 3.63) is 49.1 Å². The summed E-state index contributed by atoms with van der Waals surface area (Å²) in [6.45, 7) is 2.75. The molecule has 0 radical (unpaired) electrons. The van der Waals surface area contributed by atoms with Gasteiger partial charge in [0.15, 0.2) is 5.69 Å². The first-order chi connectivity index (χ1) is 18.8. The Morgan fingerprint density at radius 1 is 1.25 bits per heavy atom. The second-order valence-corrected chi connectivity index (χ2v) is 9.80. The number of hydrogen-bond donors (Lipinski definition) is 3. The number of nitrogens with one attached hydrogen (secondary N) is 1. The zero-order valence-electron chi connectivity index (χ0n) is 22.2. The van der Waals surface area contributed by atoms with Crippen molar-refractivity contribution >= 4 is 19.4 Å². The largest absolute Gasteiger partial charge is 1.00 e. The van der Waals surface area contributed by atoms with Gasteiger partial charge in [-0.15, -0.1) is 6.20 Å². The molecule has 0 bridgehead atoms. The Balaban J connectivity index is 0.000000570. The van der Waals surface area contributed by atoms with E-state index in [9.17, 15) is 9.36 Å². The topological polar surface area (TPSA) is 202 Å². The summed E-state index contributed by atoms with van der Waals surface area (Å²) in [6, 6.07) is 0.221. The molecule has 4 aromatic rings. The van der Waals surface area contributed by atoms with Crippen LogP contribution in [0, 0.1) is 0 Å². The third kappa shape index (κ3) is 8.62. The van der Waals surface area contributed by atoms with Crippen molar-refractivity contribution in [2.24, 2.45) is 0 Å². The van der Waals surface area contributed by atoms with E-state index < -0.39 is 13.7 Å². The summed E-state index contributed by atoms with van der Waals surface area (Å²) in [5.41, 5.74) is 2.40. The first-order valence-corrected chi connectivity index (χ1v) is 13.6. The molecular formula is C23H28N8NaO7P. The van der Waals surface area contributed by atoms with Crippen LogP contribution in [0.25, 0.3) is 22.8 Å². The Morgan fingerprint density at radius 3 is 2.60 bits per heavy atom. The molecule has 1 saturated carbocycles. The van der Waals surface area contributed by atoms with E-state index in [4.69, 9.17) is 24.0 Å². The van der Waals surface area contributed by atoms with Crippen molar-refractivity contribution in [2.45, 2.75) is 44.8 Å². The first kappa shape index (κ1) is 31.8. The van der Waals surface area contributed by atoms with Gasteiger partial charge in [-0.2, -0.15) is 5.10 Å². The van der Waals surface area contributed by atoms with Gasteiger partial charge in [0, 0.05) is 44.1 Å². The average molecular weight is 582 g/mol. The number of phosphoric acid groups is 1. The maximum Gasteiger partial charge on any atom is 1.00 e. The van der Waals surface area contributed by atoms with Gasteiger partial charge in [-0.25, -0.2) is 9.55 Å². The third-order valence-corrected chi connectivity index (χ3v) is 6.36. The van der Waals surface area contributed by atoms with E-state index >= 15 is 0 Å². The molecule has 5 rings (SSSR count). The number of ether oxygens (including phenoxy) is 1.